The van der Waals surface area contributed by atoms with Gasteiger partial charge in [0.2, 0.25) is 11.7 Å². The molecule has 0 aromatic carbocycles. The number of hydrogen-bond donors (Lipinski definition) is 0. The minimum Gasteiger partial charge on any atom is -0.339 e. The molecule has 24 heavy (non-hydrogen) atoms. The van der Waals surface area contributed by atoms with E-state index in [-0.39, 0.29) is 23.8 Å². The second-order valence-electron chi connectivity index (χ2n) is 5.86. The minimum atomic E-state index is -0.265. The summed E-state index contributed by atoms with van der Waals surface area (Å²) >= 11 is 0. The first-order chi connectivity index (χ1) is 11.4. The van der Waals surface area contributed by atoms with Gasteiger partial charge in [-0.3, -0.25) is 4.79 Å². The molecule has 10 heteroatoms. The van der Waals surface area contributed by atoms with Gasteiger partial charge < -0.3 is 4.52 Å². The molecule has 3 aromatic heterocycles. The van der Waals surface area contributed by atoms with Crippen molar-refractivity contribution in [2.24, 2.45) is 7.05 Å². The van der Waals surface area contributed by atoms with E-state index < -0.39 is 0 Å². The topological polar surface area (TPSA) is 117 Å². The van der Waals surface area contributed by atoms with Crippen LogP contribution in [-0.4, -0.2) is 40.1 Å². The van der Waals surface area contributed by atoms with E-state index in [2.05, 4.69) is 30.7 Å². The van der Waals surface area contributed by atoms with Gasteiger partial charge >= 0.3 is 0 Å². The van der Waals surface area contributed by atoms with E-state index in [0.29, 0.717) is 17.3 Å². The van der Waals surface area contributed by atoms with E-state index in [1.54, 1.807) is 7.05 Å². The molecule has 10 nitrogen and oxygen atoms in total. The smallest absolute Gasteiger partial charge is 0.278 e. The van der Waals surface area contributed by atoms with E-state index in [9.17, 15) is 4.79 Å². The van der Waals surface area contributed by atoms with Crippen molar-refractivity contribution >= 4 is 0 Å². The maximum absolute atomic E-state index is 12.3. The van der Waals surface area contributed by atoms with E-state index >= 15 is 0 Å². The summed E-state index contributed by atoms with van der Waals surface area (Å²) in [5.74, 6) is 1.42. The van der Waals surface area contributed by atoms with Crippen LogP contribution >= 0.6 is 0 Å². The van der Waals surface area contributed by atoms with Gasteiger partial charge in [0.1, 0.15) is 6.54 Å². The molecule has 0 bridgehead atoms. The third kappa shape index (κ3) is 2.82. The molecule has 3 heterocycles. The average Bonchev–Trinajstić information content (AvgIpc) is 3.16. The van der Waals surface area contributed by atoms with Crippen LogP contribution in [0.5, 0.6) is 0 Å². The second kappa shape index (κ2) is 5.95. The Kier molecular flexibility index (Phi) is 3.96. The summed E-state index contributed by atoms with van der Waals surface area (Å²) in [6, 6.07) is 0. The Balaban J connectivity index is 1.93. The molecule has 0 aliphatic heterocycles. The van der Waals surface area contributed by atoms with Gasteiger partial charge in [-0.15, -0.1) is 10.2 Å². The Morgan fingerprint density at radius 3 is 2.62 bits per heavy atom. The Hall–Kier alpha value is -2.91. The summed E-state index contributed by atoms with van der Waals surface area (Å²) < 4.78 is 6.42. The third-order valence-corrected chi connectivity index (χ3v) is 3.66. The maximum Gasteiger partial charge on any atom is 0.278 e. The average molecular weight is 330 g/mol. The molecule has 3 rings (SSSR count). The van der Waals surface area contributed by atoms with Gasteiger partial charge in [-0.1, -0.05) is 19.0 Å². The molecule has 0 spiro atoms. The van der Waals surface area contributed by atoms with Gasteiger partial charge in [0, 0.05) is 13.0 Å². The fourth-order valence-electron chi connectivity index (χ4n) is 2.21. The van der Waals surface area contributed by atoms with Gasteiger partial charge in [-0.05, 0) is 24.6 Å². The van der Waals surface area contributed by atoms with Crippen LogP contribution < -0.4 is 5.56 Å². The lowest BCUT2D eigenvalue weighted by atomic mass is 10.1. The summed E-state index contributed by atoms with van der Waals surface area (Å²) in [7, 11) is 1.59. The van der Waals surface area contributed by atoms with E-state index in [0.717, 1.165) is 11.3 Å². The molecule has 0 aliphatic carbocycles. The van der Waals surface area contributed by atoms with Gasteiger partial charge in [0.25, 0.3) is 5.56 Å². The van der Waals surface area contributed by atoms with Crippen LogP contribution in [0.25, 0.3) is 11.4 Å². The molecule has 0 saturated heterocycles. The Morgan fingerprint density at radius 1 is 1.21 bits per heavy atom. The number of nitrogens with zero attached hydrogens (tertiary/aromatic N) is 8. The van der Waals surface area contributed by atoms with E-state index in [1.807, 2.05) is 27.7 Å². The third-order valence-electron chi connectivity index (χ3n) is 3.66. The van der Waals surface area contributed by atoms with Crippen molar-refractivity contribution in [3.63, 3.8) is 0 Å². The predicted molar refractivity (Wildman–Crippen MR) is 83.3 cm³/mol. The molecule has 0 amide bonds. The molecule has 0 radical (unpaired) electrons. The molecule has 0 unspecified atom stereocenters. The highest BCUT2D eigenvalue weighted by Crippen LogP contribution is 2.16. The molecule has 0 atom stereocenters. The zero-order chi connectivity index (χ0) is 17.4. The summed E-state index contributed by atoms with van der Waals surface area (Å²) in [6.45, 7) is 7.79. The Bertz CT molecular complexity index is 937. The van der Waals surface area contributed by atoms with Crippen LogP contribution in [-0.2, 0) is 13.6 Å². The number of aryl methyl sites for hydroxylation is 2. The van der Waals surface area contributed by atoms with Gasteiger partial charge in [0.05, 0.1) is 11.3 Å². The van der Waals surface area contributed by atoms with Crippen LogP contribution in [0.4, 0.5) is 0 Å². The van der Waals surface area contributed by atoms with Crippen LogP contribution in [0.3, 0.4) is 0 Å². The van der Waals surface area contributed by atoms with Crippen molar-refractivity contribution < 1.29 is 4.52 Å². The Labute approximate surface area is 137 Å². The first-order valence-corrected chi connectivity index (χ1v) is 7.52. The Morgan fingerprint density at radius 2 is 1.96 bits per heavy atom. The summed E-state index contributed by atoms with van der Waals surface area (Å²) in [4.78, 5) is 17.9. The highest BCUT2D eigenvalue weighted by molar-refractivity contribution is 5.58. The maximum atomic E-state index is 12.3. The van der Waals surface area contributed by atoms with E-state index in [4.69, 9.17) is 4.52 Å². The lowest BCUT2D eigenvalue weighted by Gasteiger charge is -2.06. The number of rotatable bonds is 4. The summed E-state index contributed by atoms with van der Waals surface area (Å²) in [5.41, 5.74) is 1.61. The lowest BCUT2D eigenvalue weighted by molar-refractivity contribution is 0.358. The predicted octanol–water partition coefficient (Wildman–Crippen LogP) is 0.605. The zero-order valence-electron chi connectivity index (χ0n) is 14.2. The number of tetrazole rings is 1. The highest BCUT2D eigenvalue weighted by atomic mass is 16.5. The van der Waals surface area contributed by atoms with Crippen molar-refractivity contribution in [2.75, 3.05) is 0 Å². The standard InChI is InChI=1S/C14H18N8O2/c1-7(2)13-15-10(19-24-13)6-22-18-12(16-20-22)11-8(3)9(4)17-21(5)14(11)23/h7H,6H2,1-5H3. The van der Waals surface area contributed by atoms with Crippen LogP contribution in [0, 0.1) is 13.8 Å². The SMILES string of the molecule is Cc1nn(C)c(=O)c(-c2nnn(Cc3noc(C(C)C)n3)n2)c1C. The fraction of sp³-hybridized carbons (Fsp3) is 0.500. The fourth-order valence-corrected chi connectivity index (χ4v) is 2.21. The number of aromatic nitrogens is 8. The normalized spacial score (nSPS) is 11.4. The molecule has 0 saturated carbocycles. The molecular formula is C14H18N8O2. The van der Waals surface area contributed by atoms with Crippen LogP contribution in [0.1, 0.15) is 42.7 Å². The first-order valence-electron chi connectivity index (χ1n) is 7.52. The first kappa shape index (κ1) is 16.0. The van der Waals surface area contributed by atoms with Gasteiger partial charge in [0.15, 0.2) is 5.82 Å². The van der Waals surface area contributed by atoms with Gasteiger partial charge in [-0.25, -0.2) is 4.68 Å². The molecule has 0 aliphatic rings. The van der Waals surface area contributed by atoms with Crippen molar-refractivity contribution in [1.82, 2.24) is 40.1 Å². The van der Waals surface area contributed by atoms with Crippen molar-refractivity contribution in [3.8, 4) is 11.4 Å². The molecule has 0 N–H and O–H groups in total. The largest absolute Gasteiger partial charge is 0.339 e. The number of hydrogen-bond acceptors (Lipinski definition) is 8. The van der Waals surface area contributed by atoms with Crippen molar-refractivity contribution in [2.45, 2.75) is 40.2 Å². The zero-order valence-corrected chi connectivity index (χ0v) is 14.2. The molecular weight excluding hydrogens is 312 g/mol. The highest BCUT2D eigenvalue weighted by Gasteiger charge is 2.18. The van der Waals surface area contributed by atoms with Gasteiger partial charge in [-0.2, -0.15) is 14.9 Å². The van der Waals surface area contributed by atoms with Crippen LogP contribution in [0.2, 0.25) is 0 Å². The minimum absolute atomic E-state index is 0.149. The van der Waals surface area contributed by atoms with Crippen molar-refractivity contribution in [1.29, 1.82) is 0 Å². The monoisotopic (exact) mass is 330 g/mol. The molecule has 3 aromatic rings. The van der Waals surface area contributed by atoms with Crippen LogP contribution in [0.15, 0.2) is 9.32 Å². The van der Waals surface area contributed by atoms with E-state index in [1.165, 1.54) is 9.48 Å². The quantitative estimate of drug-likeness (QED) is 0.682. The second-order valence-corrected chi connectivity index (χ2v) is 5.86. The molecule has 126 valence electrons. The lowest BCUT2D eigenvalue weighted by Crippen LogP contribution is -2.24. The summed E-state index contributed by atoms with van der Waals surface area (Å²) in [5, 5.41) is 20.2. The molecule has 0 fully saturated rings. The van der Waals surface area contributed by atoms with Crippen molar-refractivity contribution in [3.05, 3.63) is 33.3 Å². The summed E-state index contributed by atoms with van der Waals surface area (Å²) in [6.07, 6.45) is 0.